The van der Waals surface area contributed by atoms with Gasteiger partial charge in [0.15, 0.2) is 0 Å². The molecule has 2 atom stereocenters. The number of rotatable bonds is 6. The van der Waals surface area contributed by atoms with Gasteiger partial charge in [0, 0.05) is 13.0 Å². The van der Waals surface area contributed by atoms with E-state index >= 15 is 0 Å². The summed E-state index contributed by atoms with van der Waals surface area (Å²) in [4.78, 5) is 10.2. The number of aliphatic carboxylic acids is 1. The highest BCUT2D eigenvalue weighted by Crippen LogP contribution is 1.96. The third-order valence-electron chi connectivity index (χ3n) is 1.21. The minimum atomic E-state index is -1.24. The van der Waals surface area contributed by atoms with Gasteiger partial charge in [-0.1, -0.05) is 11.2 Å². The van der Waals surface area contributed by atoms with Crippen molar-refractivity contribution in [1.29, 1.82) is 0 Å². The molecular formula is C6H13NO4S. The first kappa shape index (κ1) is 11.7. The van der Waals surface area contributed by atoms with Gasteiger partial charge in [0.05, 0.1) is 0 Å². The number of hydrogen-bond donors (Lipinski definition) is 3. The van der Waals surface area contributed by atoms with Crippen molar-refractivity contribution in [2.75, 3.05) is 18.1 Å². The maximum atomic E-state index is 11.0. The second-order valence-corrected chi connectivity index (χ2v) is 3.95. The molecule has 6 heteroatoms. The lowest BCUT2D eigenvalue weighted by atomic mass is 10.4. The zero-order valence-electron chi connectivity index (χ0n) is 6.60. The van der Waals surface area contributed by atoms with Crippen molar-refractivity contribution in [3.05, 3.63) is 0 Å². The SMILES string of the molecule is NC(C[S+]([O-])CCCO)C(=O)O. The molecule has 72 valence electrons. The fourth-order valence-electron chi connectivity index (χ4n) is 0.580. The third-order valence-corrected chi connectivity index (χ3v) is 2.69. The highest BCUT2D eigenvalue weighted by atomic mass is 32.2. The van der Waals surface area contributed by atoms with E-state index in [-0.39, 0.29) is 12.4 Å². The Bertz CT molecular complexity index is 144. The number of carbonyl (C=O) groups is 1. The van der Waals surface area contributed by atoms with Gasteiger partial charge in [-0.3, -0.25) is 4.79 Å². The van der Waals surface area contributed by atoms with E-state index in [1.54, 1.807) is 0 Å². The molecule has 0 bridgehead atoms. The Hall–Kier alpha value is -0.300. The van der Waals surface area contributed by atoms with Crippen molar-refractivity contribution in [2.24, 2.45) is 5.73 Å². The normalized spacial score (nSPS) is 15.6. The molecular weight excluding hydrogens is 182 g/mol. The lowest BCUT2D eigenvalue weighted by molar-refractivity contribution is -0.137. The highest BCUT2D eigenvalue weighted by Gasteiger charge is 2.18. The average molecular weight is 195 g/mol. The van der Waals surface area contributed by atoms with Crippen molar-refractivity contribution in [2.45, 2.75) is 12.5 Å². The van der Waals surface area contributed by atoms with Crippen LogP contribution >= 0.6 is 0 Å². The molecule has 0 aliphatic rings. The average Bonchev–Trinajstić information content (AvgIpc) is 2.00. The van der Waals surface area contributed by atoms with Crippen molar-refractivity contribution >= 4 is 17.1 Å². The summed E-state index contributed by atoms with van der Waals surface area (Å²) in [5.41, 5.74) is 5.13. The molecule has 0 saturated heterocycles. The van der Waals surface area contributed by atoms with Gasteiger partial charge in [0.25, 0.3) is 0 Å². The molecule has 0 aromatic heterocycles. The second kappa shape index (κ2) is 6.24. The largest absolute Gasteiger partial charge is 0.616 e. The van der Waals surface area contributed by atoms with Gasteiger partial charge in [-0.15, -0.1) is 0 Å². The predicted molar refractivity (Wildman–Crippen MR) is 45.2 cm³/mol. The summed E-state index contributed by atoms with van der Waals surface area (Å²) in [6.45, 7) is -0.0337. The molecule has 0 saturated carbocycles. The van der Waals surface area contributed by atoms with Gasteiger partial charge in [0.2, 0.25) is 0 Å². The fourth-order valence-corrected chi connectivity index (χ4v) is 1.74. The van der Waals surface area contributed by atoms with Crippen LogP contribution in [0.3, 0.4) is 0 Å². The maximum absolute atomic E-state index is 11.0. The minimum Gasteiger partial charge on any atom is -0.616 e. The predicted octanol–water partition coefficient (Wildman–Crippen LogP) is -1.47. The zero-order valence-corrected chi connectivity index (χ0v) is 7.42. The van der Waals surface area contributed by atoms with E-state index in [2.05, 4.69) is 0 Å². The molecule has 12 heavy (non-hydrogen) atoms. The summed E-state index contributed by atoms with van der Waals surface area (Å²) in [7, 11) is 0. The van der Waals surface area contributed by atoms with E-state index in [4.69, 9.17) is 15.9 Å². The van der Waals surface area contributed by atoms with Crippen LogP contribution in [0.15, 0.2) is 0 Å². The number of aliphatic hydroxyl groups is 1. The van der Waals surface area contributed by atoms with Crippen LogP contribution in [0, 0.1) is 0 Å². The van der Waals surface area contributed by atoms with E-state index in [0.717, 1.165) is 0 Å². The van der Waals surface area contributed by atoms with E-state index in [0.29, 0.717) is 12.2 Å². The van der Waals surface area contributed by atoms with Gasteiger partial charge >= 0.3 is 5.97 Å². The molecule has 0 aromatic rings. The summed E-state index contributed by atoms with van der Waals surface area (Å²) < 4.78 is 11.0. The molecule has 0 spiro atoms. The number of carboxylic acids is 1. The van der Waals surface area contributed by atoms with Crippen LogP contribution in [0.2, 0.25) is 0 Å². The third kappa shape index (κ3) is 5.36. The van der Waals surface area contributed by atoms with Crippen LogP contribution < -0.4 is 5.73 Å². The fraction of sp³-hybridized carbons (Fsp3) is 0.833. The summed E-state index contributed by atoms with van der Waals surface area (Å²) >= 11 is -1.24. The van der Waals surface area contributed by atoms with Crippen molar-refractivity contribution < 1.29 is 19.6 Å². The van der Waals surface area contributed by atoms with Crippen molar-refractivity contribution in [1.82, 2.24) is 0 Å². The number of hydrogen-bond acceptors (Lipinski definition) is 4. The molecule has 0 rings (SSSR count). The topological polar surface area (TPSA) is 107 Å². The van der Waals surface area contributed by atoms with Crippen LogP contribution in [0.5, 0.6) is 0 Å². The molecule has 4 N–H and O–H groups in total. The summed E-state index contributed by atoms with van der Waals surface area (Å²) in [5, 5.41) is 16.7. The van der Waals surface area contributed by atoms with Crippen LogP contribution in [0.4, 0.5) is 0 Å². The maximum Gasteiger partial charge on any atom is 0.325 e. The minimum absolute atomic E-state index is 0.0337. The molecule has 0 aliphatic heterocycles. The van der Waals surface area contributed by atoms with E-state index < -0.39 is 23.2 Å². The van der Waals surface area contributed by atoms with E-state index in [9.17, 15) is 9.35 Å². The van der Waals surface area contributed by atoms with Gasteiger partial charge in [0.1, 0.15) is 17.5 Å². The van der Waals surface area contributed by atoms with Gasteiger partial charge in [-0.05, 0) is 0 Å². The Labute approximate surface area is 73.7 Å². The van der Waals surface area contributed by atoms with Crippen LogP contribution in [0.1, 0.15) is 6.42 Å². The lowest BCUT2D eigenvalue weighted by Crippen LogP contribution is -2.38. The molecule has 0 heterocycles. The van der Waals surface area contributed by atoms with E-state index in [1.807, 2.05) is 0 Å². The first-order valence-electron chi connectivity index (χ1n) is 3.52. The van der Waals surface area contributed by atoms with Crippen LogP contribution in [0.25, 0.3) is 0 Å². The molecule has 0 amide bonds. The Balaban J connectivity index is 3.53. The smallest absolute Gasteiger partial charge is 0.325 e. The van der Waals surface area contributed by atoms with Crippen LogP contribution in [-0.2, 0) is 16.0 Å². The lowest BCUT2D eigenvalue weighted by Gasteiger charge is -2.12. The van der Waals surface area contributed by atoms with E-state index in [1.165, 1.54) is 0 Å². The Morgan fingerprint density at radius 3 is 2.67 bits per heavy atom. The molecule has 2 unspecified atom stereocenters. The Morgan fingerprint density at radius 1 is 1.67 bits per heavy atom. The van der Waals surface area contributed by atoms with Gasteiger partial charge < -0.3 is 20.5 Å². The number of carboxylic acid groups (broad SMARTS) is 1. The molecule has 5 nitrogen and oxygen atoms in total. The van der Waals surface area contributed by atoms with Gasteiger partial charge in [-0.2, -0.15) is 0 Å². The summed E-state index contributed by atoms with van der Waals surface area (Å²) in [5.74, 6) is -0.889. The number of nitrogens with two attached hydrogens (primary N) is 1. The number of aliphatic hydroxyl groups excluding tert-OH is 1. The molecule has 0 aromatic carbocycles. The van der Waals surface area contributed by atoms with Crippen molar-refractivity contribution in [3.8, 4) is 0 Å². The van der Waals surface area contributed by atoms with Crippen LogP contribution in [-0.4, -0.2) is 44.9 Å². The standard InChI is InChI=1S/C6H13NO4S/c7-5(6(9)10)4-12(11)3-1-2-8/h5,8H,1-4,7H2,(H,9,10). The zero-order chi connectivity index (χ0) is 9.56. The summed E-state index contributed by atoms with van der Waals surface area (Å²) in [6.07, 6.45) is 0.416. The highest BCUT2D eigenvalue weighted by molar-refractivity contribution is 7.91. The van der Waals surface area contributed by atoms with Gasteiger partial charge in [-0.25, -0.2) is 0 Å². The first-order chi connectivity index (χ1) is 5.57. The van der Waals surface area contributed by atoms with Crippen molar-refractivity contribution in [3.63, 3.8) is 0 Å². The second-order valence-electron chi connectivity index (χ2n) is 2.33. The molecule has 0 radical (unpaired) electrons. The molecule has 0 aliphatic carbocycles. The Kier molecular flexibility index (Phi) is 6.09. The Morgan fingerprint density at radius 2 is 2.25 bits per heavy atom. The quantitative estimate of drug-likeness (QED) is 0.448. The first-order valence-corrected chi connectivity index (χ1v) is 5.01. The summed E-state index contributed by atoms with van der Waals surface area (Å²) in [6, 6.07) is -1.07. The molecule has 0 fully saturated rings. The monoisotopic (exact) mass is 195 g/mol.